The third-order valence-corrected chi connectivity index (χ3v) is 2.66. The number of unbranched alkanes of at least 4 members (excludes halogenated alkanes) is 1. The highest BCUT2D eigenvalue weighted by molar-refractivity contribution is 5.93. The third kappa shape index (κ3) is 3.69. The second-order valence-corrected chi connectivity index (χ2v) is 4.21. The van der Waals surface area contributed by atoms with Crippen molar-refractivity contribution in [2.45, 2.75) is 46.5 Å². The van der Waals surface area contributed by atoms with E-state index in [1.807, 2.05) is 12.1 Å². The zero-order valence-electron chi connectivity index (χ0n) is 10.5. The maximum atomic E-state index is 11.0. The van der Waals surface area contributed by atoms with Crippen molar-refractivity contribution >= 4 is 11.6 Å². The molecule has 1 aromatic rings. The Morgan fingerprint density at radius 1 is 1.19 bits per heavy atom. The lowest BCUT2D eigenvalue weighted by Crippen LogP contribution is -2.18. The van der Waals surface area contributed by atoms with Gasteiger partial charge in [0.2, 0.25) is 5.91 Å². The molecule has 2 heteroatoms. The number of anilines is 1. The molecule has 1 aliphatic rings. The summed E-state index contributed by atoms with van der Waals surface area (Å²) < 4.78 is 0. The van der Waals surface area contributed by atoms with Crippen molar-refractivity contribution in [2.24, 2.45) is 0 Å². The normalized spacial score (nSPS) is 13.3. The summed E-state index contributed by atoms with van der Waals surface area (Å²) in [6.07, 6.45) is 4.14. The average Bonchev–Trinajstić information content (AvgIpc) is 2.30. The predicted octanol–water partition coefficient (Wildman–Crippen LogP) is 3.69. The minimum absolute atomic E-state index is 0.131. The predicted molar refractivity (Wildman–Crippen MR) is 68.7 cm³/mol. The smallest absolute Gasteiger partial charge is 0.224 e. The maximum Gasteiger partial charge on any atom is 0.224 e. The molecule has 0 aliphatic carbocycles. The molecule has 0 unspecified atom stereocenters. The van der Waals surface area contributed by atoms with E-state index in [0.717, 1.165) is 12.1 Å². The first-order valence-electron chi connectivity index (χ1n) is 6.06. The molecule has 1 aromatic carbocycles. The number of carbonyl (C=O) groups excluding carboxylic acids is 1. The molecule has 88 valence electrons. The molecule has 0 saturated carbocycles. The number of fused-ring (bicyclic) bond motifs is 1. The van der Waals surface area contributed by atoms with Gasteiger partial charge in [0.1, 0.15) is 0 Å². The van der Waals surface area contributed by atoms with Crippen LogP contribution in [0, 0.1) is 6.92 Å². The monoisotopic (exact) mass is 219 g/mol. The number of amides is 1. The number of rotatable bonds is 1. The van der Waals surface area contributed by atoms with E-state index in [1.165, 1.54) is 24.0 Å². The van der Waals surface area contributed by atoms with Gasteiger partial charge in [-0.2, -0.15) is 0 Å². The second kappa shape index (κ2) is 6.31. The Morgan fingerprint density at radius 2 is 1.88 bits per heavy atom. The molecule has 1 aliphatic heterocycles. The first-order chi connectivity index (χ1) is 7.67. The van der Waals surface area contributed by atoms with Crippen LogP contribution in [0.15, 0.2) is 18.2 Å². The number of aryl methyl sites for hydroxylation is 2. The fourth-order valence-electron chi connectivity index (χ4n) is 1.51. The molecular weight excluding hydrogens is 198 g/mol. The van der Waals surface area contributed by atoms with Crippen LogP contribution in [0.1, 0.15) is 44.2 Å². The Kier molecular flexibility index (Phi) is 5.03. The van der Waals surface area contributed by atoms with Crippen LogP contribution in [0.2, 0.25) is 0 Å². The number of benzene rings is 1. The SMILES string of the molecule is CCCC.Cc1ccc2c(c1)CCC(=O)N2. The second-order valence-electron chi connectivity index (χ2n) is 4.21. The van der Waals surface area contributed by atoms with E-state index in [4.69, 9.17) is 0 Å². The molecule has 16 heavy (non-hydrogen) atoms. The Hall–Kier alpha value is -1.31. The van der Waals surface area contributed by atoms with Crippen molar-refractivity contribution in [1.82, 2.24) is 0 Å². The van der Waals surface area contributed by atoms with E-state index in [-0.39, 0.29) is 5.91 Å². The quantitative estimate of drug-likeness (QED) is 0.767. The summed E-state index contributed by atoms with van der Waals surface area (Å²) in [5.41, 5.74) is 3.50. The lowest BCUT2D eigenvalue weighted by molar-refractivity contribution is -0.116. The van der Waals surface area contributed by atoms with Gasteiger partial charge in [0.15, 0.2) is 0 Å². The van der Waals surface area contributed by atoms with Crippen molar-refractivity contribution in [3.8, 4) is 0 Å². The van der Waals surface area contributed by atoms with Gasteiger partial charge in [0.05, 0.1) is 0 Å². The van der Waals surface area contributed by atoms with Gasteiger partial charge in [-0.3, -0.25) is 4.79 Å². The topological polar surface area (TPSA) is 29.1 Å². The lowest BCUT2D eigenvalue weighted by atomic mass is 10.0. The first kappa shape index (κ1) is 12.8. The molecule has 0 atom stereocenters. The molecule has 0 radical (unpaired) electrons. The van der Waals surface area contributed by atoms with Gasteiger partial charge in [-0.25, -0.2) is 0 Å². The minimum Gasteiger partial charge on any atom is -0.326 e. The van der Waals surface area contributed by atoms with Crippen molar-refractivity contribution in [3.05, 3.63) is 29.3 Å². The van der Waals surface area contributed by atoms with Gasteiger partial charge in [0, 0.05) is 12.1 Å². The summed E-state index contributed by atoms with van der Waals surface area (Å²) in [6, 6.07) is 6.13. The van der Waals surface area contributed by atoms with E-state index in [2.05, 4.69) is 32.2 Å². The van der Waals surface area contributed by atoms with E-state index < -0.39 is 0 Å². The molecule has 1 heterocycles. The Bertz CT molecular complexity index is 356. The summed E-state index contributed by atoms with van der Waals surface area (Å²) in [7, 11) is 0. The van der Waals surface area contributed by atoms with Crippen LogP contribution in [0.25, 0.3) is 0 Å². The molecule has 1 amide bonds. The van der Waals surface area contributed by atoms with Crippen LogP contribution >= 0.6 is 0 Å². The Labute approximate surface area is 98.1 Å². The number of nitrogens with one attached hydrogen (secondary N) is 1. The molecule has 0 aromatic heterocycles. The average molecular weight is 219 g/mol. The van der Waals surface area contributed by atoms with Gasteiger partial charge in [-0.05, 0) is 25.0 Å². The van der Waals surface area contributed by atoms with Crippen LogP contribution < -0.4 is 5.32 Å². The largest absolute Gasteiger partial charge is 0.326 e. The van der Waals surface area contributed by atoms with Gasteiger partial charge < -0.3 is 5.32 Å². The van der Waals surface area contributed by atoms with Crippen LogP contribution in [-0.4, -0.2) is 5.91 Å². The summed E-state index contributed by atoms with van der Waals surface area (Å²) in [6.45, 7) is 6.43. The molecule has 0 spiro atoms. The minimum atomic E-state index is 0.131. The van der Waals surface area contributed by atoms with E-state index in [9.17, 15) is 4.79 Å². The molecule has 0 bridgehead atoms. The summed E-state index contributed by atoms with van der Waals surface area (Å²) in [4.78, 5) is 11.0. The number of hydrogen-bond acceptors (Lipinski definition) is 1. The number of hydrogen-bond donors (Lipinski definition) is 1. The van der Waals surface area contributed by atoms with Gasteiger partial charge in [-0.1, -0.05) is 44.4 Å². The molecule has 1 N–H and O–H groups in total. The van der Waals surface area contributed by atoms with E-state index >= 15 is 0 Å². The summed E-state index contributed by atoms with van der Waals surface area (Å²) in [5.74, 6) is 0.131. The fraction of sp³-hybridized carbons (Fsp3) is 0.500. The van der Waals surface area contributed by atoms with Gasteiger partial charge >= 0.3 is 0 Å². The van der Waals surface area contributed by atoms with E-state index in [1.54, 1.807) is 0 Å². The zero-order valence-corrected chi connectivity index (χ0v) is 10.5. The van der Waals surface area contributed by atoms with Gasteiger partial charge in [0.25, 0.3) is 0 Å². The van der Waals surface area contributed by atoms with Crippen LogP contribution in [0.5, 0.6) is 0 Å². The highest BCUT2D eigenvalue weighted by Crippen LogP contribution is 2.22. The van der Waals surface area contributed by atoms with Gasteiger partial charge in [-0.15, -0.1) is 0 Å². The van der Waals surface area contributed by atoms with Crippen molar-refractivity contribution < 1.29 is 4.79 Å². The van der Waals surface area contributed by atoms with Crippen LogP contribution in [0.4, 0.5) is 5.69 Å². The number of carbonyl (C=O) groups is 1. The molecule has 0 fully saturated rings. The van der Waals surface area contributed by atoms with Crippen LogP contribution in [0.3, 0.4) is 0 Å². The Balaban J connectivity index is 0.000000280. The first-order valence-corrected chi connectivity index (χ1v) is 6.06. The molecule has 0 saturated heterocycles. The maximum absolute atomic E-state index is 11.0. The highest BCUT2D eigenvalue weighted by atomic mass is 16.1. The van der Waals surface area contributed by atoms with E-state index in [0.29, 0.717) is 6.42 Å². The van der Waals surface area contributed by atoms with Crippen molar-refractivity contribution in [1.29, 1.82) is 0 Å². The van der Waals surface area contributed by atoms with Crippen molar-refractivity contribution in [3.63, 3.8) is 0 Å². The molecule has 2 rings (SSSR count). The summed E-state index contributed by atoms with van der Waals surface area (Å²) >= 11 is 0. The molecular formula is C14H21NO. The highest BCUT2D eigenvalue weighted by Gasteiger charge is 2.13. The third-order valence-electron chi connectivity index (χ3n) is 2.66. The van der Waals surface area contributed by atoms with Crippen molar-refractivity contribution in [2.75, 3.05) is 5.32 Å². The Morgan fingerprint density at radius 3 is 2.50 bits per heavy atom. The lowest BCUT2D eigenvalue weighted by Gasteiger charge is -2.16. The summed E-state index contributed by atoms with van der Waals surface area (Å²) in [5, 5.41) is 2.85. The standard InChI is InChI=1S/C10H11NO.C4H10/c1-7-2-4-9-8(6-7)3-5-10(12)11-9;1-3-4-2/h2,4,6H,3,5H2,1H3,(H,11,12);3-4H2,1-2H3. The molecule has 2 nitrogen and oxygen atoms in total. The fourth-order valence-corrected chi connectivity index (χ4v) is 1.51. The van der Waals surface area contributed by atoms with Crippen LogP contribution in [-0.2, 0) is 11.2 Å². The zero-order chi connectivity index (χ0) is 12.0.